The van der Waals surface area contributed by atoms with Crippen molar-refractivity contribution >= 4 is 39.7 Å². The van der Waals surface area contributed by atoms with E-state index in [0.29, 0.717) is 5.66 Å². The standard InChI is InChI=1S/C14H16BBrO3/c1-13(2)14(3,4)19-15(18-13)12-11(16)9-7-5-6-8-10(9)17-12/h5-8H,1-4H3. The summed E-state index contributed by atoms with van der Waals surface area (Å²) in [6, 6.07) is 7.88. The van der Waals surface area contributed by atoms with Gasteiger partial charge in [-0.15, -0.1) is 0 Å². The highest BCUT2D eigenvalue weighted by Gasteiger charge is 2.53. The molecular weight excluding hydrogens is 307 g/mol. The predicted octanol–water partition coefficient (Wildman–Crippen LogP) is 3.49. The molecule has 0 spiro atoms. The fraction of sp³-hybridized carbons (Fsp3) is 0.429. The summed E-state index contributed by atoms with van der Waals surface area (Å²) >= 11 is 3.58. The Morgan fingerprint density at radius 1 is 1.00 bits per heavy atom. The Morgan fingerprint density at radius 2 is 1.58 bits per heavy atom. The molecule has 0 aliphatic carbocycles. The van der Waals surface area contributed by atoms with Crippen molar-refractivity contribution in [1.82, 2.24) is 0 Å². The third kappa shape index (κ3) is 1.95. The van der Waals surface area contributed by atoms with Gasteiger partial charge in [0.1, 0.15) is 5.58 Å². The highest BCUT2D eigenvalue weighted by molar-refractivity contribution is 9.10. The van der Waals surface area contributed by atoms with Crippen LogP contribution in [0.25, 0.3) is 11.0 Å². The fourth-order valence-electron chi connectivity index (χ4n) is 2.13. The van der Waals surface area contributed by atoms with Gasteiger partial charge in [-0.3, -0.25) is 0 Å². The van der Waals surface area contributed by atoms with E-state index in [9.17, 15) is 0 Å². The van der Waals surface area contributed by atoms with Crippen LogP contribution in [0.3, 0.4) is 0 Å². The van der Waals surface area contributed by atoms with E-state index in [1.54, 1.807) is 0 Å². The Hall–Kier alpha value is -0.775. The van der Waals surface area contributed by atoms with Crippen molar-refractivity contribution < 1.29 is 13.7 Å². The van der Waals surface area contributed by atoms with Gasteiger partial charge in [-0.2, -0.15) is 0 Å². The van der Waals surface area contributed by atoms with Gasteiger partial charge in [0.05, 0.1) is 15.7 Å². The molecule has 19 heavy (non-hydrogen) atoms. The number of halogens is 1. The van der Waals surface area contributed by atoms with Crippen molar-refractivity contribution in [3.8, 4) is 0 Å². The quantitative estimate of drug-likeness (QED) is 0.753. The summed E-state index contributed by atoms with van der Waals surface area (Å²) < 4.78 is 18.8. The third-order valence-electron chi connectivity index (χ3n) is 4.03. The minimum atomic E-state index is -0.480. The van der Waals surface area contributed by atoms with Crippen molar-refractivity contribution in [3.63, 3.8) is 0 Å². The molecule has 0 amide bonds. The lowest BCUT2D eigenvalue weighted by Crippen LogP contribution is -2.41. The van der Waals surface area contributed by atoms with E-state index in [1.807, 2.05) is 52.0 Å². The molecule has 1 aliphatic rings. The second-order valence-electron chi connectivity index (χ2n) is 5.86. The van der Waals surface area contributed by atoms with E-state index in [2.05, 4.69) is 15.9 Å². The fourth-order valence-corrected chi connectivity index (χ4v) is 2.73. The second kappa shape index (κ2) is 4.11. The summed E-state index contributed by atoms with van der Waals surface area (Å²) in [6.45, 7) is 8.13. The van der Waals surface area contributed by atoms with Gasteiger partial charge in [0, 0.05) is 5.39 Å². The van der Waals surface area contributed by atoms with E-state index in [4.69, 9.17) is 13.7 Å². The normalized spacial score (nSPS) is 21.2. The number of hydrogen-bond acceptors (Lipinski definition) is 3. The first-order valence-electron chi connectivity index (χ1n) is 6.34. The zero-order valence-electron chi connectivity index (χ0n) is 11.5. The maximum absolute atomic E-state index is 6.01. The van der Waals surface area contributed by atoms with E-state index < -0.39 is 7.12 Å². The summed E-state index contributed by atoms with van der Waals surface area (Å²) in [4.78, 5) is 0. The number of rotatable bonds is 1. The van der Waals surface area contributed by atoms with Gasteiger partial charge in [0.15, 0.2) is 5.66 Å². The average Bonchev–Trinajstić information content (AvgIpc) is 2.76. The molecular formula is C14H16BBrO3. The molecule has 2 heterocycles. The first kappa shape index (κ1) is 13.2. The lowest BCUT2D eigenvalue weighted by molar-refractivity contribution is 0.00578. The molecule has 3 nitrogen and oxygen atoms in total. The Balaban J connectivity index is 2.05. The van der Waals surface area contributed by atoms with Crippen molar-refractivity contribution in [1.29, 1.82) is 0 Å². The minimum absolute atomic E-state index is 0.365. The van der Waals surface area contributed by atoms with Crippen LogP contribution in [0.15, 0.2) is 33.2 Å². The number of para-hydroxylation sites is 1. The van der Waals surface area contributed by atoms with Crippen molar-refractivity contribution in [2.45, 2.75) is 38.9 Å². The van der Waals surface area contributed by atoms with Gasteiger partial charge in [0.25, 0.3) is 0 Å². The Bertz CT molecular complexity index is 617. The monoisotopic (exact) mass is 322 g/mol. The van der Waals surface area contributed by atoms with Crippen LogP contribution in [-0.4, -0.2) is 18.3 Å². The Kier molecular flexibility index (Phi) is 2.86. The third-order valence-corrected chi connectivity index (χ3v) is 4.85. The Morgan fingerprint density at radius 3 is 2.16 bits per heavy atom. The zero-order chi connectivity index (χ0) is 13.8. The molecule has 0 radical (unpaired) electrons. The van der Waals surface area contributed by atoms with Gasteiger partial charge in [-0.05, 0) is 55.8 Å². The molecule has 100 valence electrons. The van der Waals surface area contributed by atoms with Gasteiger partial charge in [0.2, 0.25) is 0 Å². The SMILES string of the molecule is CC1(C)OB(c2oc3ccccc3c2Br)OC1(C)C. The molecule has 1 aromatic carbocycles. The van der Waals surface area contributed by atoms with Gasteiger partial charge < -0.3 is 13.7 Å². The molecule has 1 aliphatic heterocycles. The van der Waals surface area contributed by atoms with E-state index in [-0.39, 0.29) is 11.2 Å². The molecule has 3 rings (SSSR count). The molecule has 1 aromatic heterocycles. The second-order valence-corrected chi connectivity index (χ2v) is 6.66. The van der Waals surface area contributed by atoms with Gasteiger partial charge in [-0.25, -0.2) is 0 Å². The molecule has 1 saturated heterocycles. The van der Waals surface area contributed by atoms with Crippen LogP contribution in [0.4, 0.5) is 0 Å². The van der Waals surface area contributed by atoms with Crippen molar-refractivity contribution in [2.75, 3.05) is 0 Å². The lowest BCUT2D eigenvalue weighted by Gasteiger charge is -2.32. The first-order chi connectivity index (χ1) is 8.82. The molecule has 0 bridgehead atoms. The van der Waals surface area contributed by atoms with Crippen molar-refractivity contribution in [2.24, 2.45) is 0 Å². The van der Waals surface area contributed by atoms with Crippen LogP contribution in [-0.2, 0) is 9.31 Å². The molecule has 5 heteroatoms. The van der Waals surface area contributed by atoms with Crippen molar-refractivity contribution in [3.05, 3.63) is 28.7 Å². The first-order valence-corrected chi connectivity index (χ1v) is 7.14. The van der Waals surface area contributed by atoms with Crippen LogP contribution in [0.2, 0.25) is 0 Å². The summed E-state index contributed by atoms with van der Waals surface area (Å²) in [5.41, 5.74) is 0.797. The number of fused-ring (bicyclic) bond motifs is 1. The molecule has 0 unspecified atom stereocenters. The number of hydrogen-bond donors (Lipinski definition) is 0. The van der Waals surface area contributed by atoms with Gasteiger partial charge in [-0.1, -0.05) is 12.1 Å². The number of benzene rings is 1. The van der Waals surface area contributed by atoms with Crippen LogP contribution in [0.5, 0.6) is 0 Å². The topological polar surface area (TPSA) is 31.6 Å². The zero-order valence-corrected chi connectivity index (χ0v) is 13.1. The largest absolute Gasteiger partial charge is 0.534 e. The summed E-state index contributed by atoms with van der Waals surface area (Å²) in [7, 11) is -0.480. The Labute approximate surface area is 121 Å². The van der Waals surface area contributed by atoms with Crippen LogP contribution in [0, 0.1) is 0 Å². The molecule has 0 N–H and O–H groups in total. The summed E-state index contributed by atoms with van der Waals surface area (Å²) in [5, 5.41) is 1.03. The van der Waals surface area contributed by atoms with E-state index in [0.717, 1.165) is 15.4 Å². The van der Waals surface area contributed by atoms with E-state index >= 15 is 0 Å². The van der Waals surface area contributed by atoms with E-state index in [1.165, 1.54) is 0 Å². The number of furan rings is 1. The minimum Gasteiger partial charge on any atom is -0.463 e. The average molecular weight is 323 g/mol. The lowest BCUT2D eigenvalue weighted by atomic mass is 9.86. The predicted molar refractivity (Wildman–Crippen MR) is 79.6 cm³/mol. The van der Waals surface area contributed by atoms with Gasteiger partial charge >= 0.3 is 7.12 Å². The highest BCUT2D eigenvalue weighted by Crippen LogP contribution is 2.38. The van der Waals surface area contributed by atoms with Crippen LogP contribution < -0.4 is 5.66 Å². The van der Waals surface area contributed by atoms with Crippen LogP contribution in [0.1, 0.15) is 27.7 Å². The van der Waals surface area contributed by atoms with Crippen LogP contribution >= 0.6 is 15.9 Å². The molecule has 1 fully saturated rings. The maximum atomic E-state index is 6.01. The molecule has 2 aromatic rings. The highest BCUT2D eigenvalue weighted by atomic mass is 79.9. The maximum Gasteiger partial charge on any atom is 0.534 e. The molecule has 0 saturated carbocycles. The smallest absolute Gasteiger partial charge is 0.463 e. The summed E-state index contributed by atoms with van der Waals surface area (Å²) in [5.74, 6) is 0. The molecule has 0 atom stereocenters. The summed E-state index contributed by atoms with van der Waals surface area (Å²) in [6.07, 6.45) is 0.